The number of aryl methyl sites for hydroxylation is 1. The number of hydrogen-bond donors (Lipinski definition) is 0. The highest BCUT2D eigenvalue weighted by atomic mass is 19.1. The summed E-state index contributed by atoms with van der Waals surface area (Å²) in [6, 6.07) is 10.4. The molecule has 3 rings (SSSR count). The molecule has 138 valence electrons. The fraction of sp³-hybridized carbons (Fsp3) is 0.429. The second-order valence-electron chi connectivity index (χ2n) is 6.98. The van der Waals surface area contributed by atoms with Crippen LogP contribution in [0.3, 0.4) is 0 Å². The van der Waals surface area contributed by atoms with Gasteiger partial charge in [0.1, 0.15) is 5.82 Å². The van der Waals surface area contributed by atoms with Crippen molar-refractivity contribution in [1.82, 2.24) is 9.88 Å². The first-order chi connectivity index (χ1) is 12.5. The van der Waals surface area contributed by atoms with Gasteiger partial charge in [-0.25, -0.2) is 4.39 Å². The van der Waals surface area contributed by atoms with Crippen molar-refractivity contribution in [2.75, 3.05) is 20.2 Å². The number of pyridine rings is 1. The molecule has 2 atom stereocenters. The molecular formula is C21H25FN2O2. The molecule has 0 bridgehead atoms. The van der Waals surface area contributed by atoms with Gasteiger partial charge in [0, 0.05) is 38.0 Å². The second kappa shape index (κ2) is 8.41. The Morgan fingerprint density at radius 2 is 2.04 bits per heavy atom. The van der Waals surface area contributed by atoms with Gasteiger partial charge in [0.25, 0.3) is 0 Å². The molecule has 1 aliphatic heterocycles. The molecule has 1 saturated heterocycles. The number of aromatic nitrogens is 1. The number of amides is 1. The molecule has 1 aliphatic rings. The molecule has 0 unspecified atom stereocenters. The zero-order chi connectivity index (χ0) is 18.5. The largest absolute Gasteiger partial charge is 0.381 e. The number of likely N-dealkylation sites (tertiary alicyclic amines) is 1. The van der Waals surface area contributed by atoms with Crippen LogP contribution in [0.25, 0.3) is 0 Å². The Morgan fingerprint density at radius 1 is 1.27 bits per heavy atom. The van der Waals surface area contributed by atoms with Crippen LogP contribution in [0.5, 0.6) is 0 Å². The number of rotatable bonds is 5. The molecule has 0 radical (unpaired) electrons. The van der Waals surface area contributed by atoms with Crippen LogP contribution in [0.4, 0.5) is 4.39 Å². The molecule has 1 aromatic heterocycles. The maximum absolute atomic E-state index is 13.1. The smallest absolute Gasteiger partial charge is 0.227 e. The van der Waals surface area contributed by atoms with Gasteiger partial charge in [-0.15, -0.1) is 0 Å². The summed E-state index contributed by atoms with van der Waals surface area (Å²) in [5.41, 5.74) is 2.98. The van der Waals surface area contributed by atoms with Crippen molar-refractivity contribution in [1.29, 1.82) is 0 Å². The SMILES string of the molecule is CO[C@@H]1CCN(C(=O)Cc2ccnc(C)c2)C[C@H]1Cc1ccc(F)cc1. The lowest BCUT2D eigenvalue weighted by molar-refractivity contribution is -0.134. The maximum Gasteiger partial charge on any atom is 0.227 e. The first-order valence-electron chi connectivity index (χ1n) is 9.01. The normalized spacial score (nSPS) is 20.2. The Kier molecular flexibility index (Phi) is 5.99. The molecule has 0 saturated carbocycles. The quantitative estimate of drug-likeness (QED) is 0.826. The van der Waals surface area contributed by atoms with Crippen molar-refractivity contribution >= 4 is 5.91 Å². The van der Waals surface area contributed by atoms with Crippen LogP contribution < -0.4 is 0 Å². The lowest BCUT2D eigenvalue weighted by atomic mass is 9.88. The van der Waals surface area contributed by atoms with Crippen LogP contribution in [-0.4, -0.2) is 42.1 Å². The number of nitrogens with zero attached hydrogens (tertiary/aromatic N) is 2. The lowest BCUT2D eigenvalue weighted by Gasteiger charge is -2.38. The first-order valence-corrected chi connectivity index (χ1v) is 9.01. The van der Waals surface area contributed by atoms with Crippen molar-refractivity contribution in [2.45, 2.75) is 32.3 Å². The van der Waals surface area contributed by atoms with E-state index in [0.717, 1.165) is 29.7 Å². The predicted molar refractivity (Wildman–Crippen MR) is 98.3 cm³/mol. The van der Waals surface area contributed by atoms with Crippen LogP contribution in [0, 0.1) is 18.7 Å². The van der Waals surface area contributed by atoms with Gasteiger partial charge in [-0.2, -0.15) is 0 Å². The molecule has 1 fully saturated rings. The van der Waals surface area contributed by atoms with Gasteiger partial charge in [-0.1, -0.05) is 12.1 Å². The van der Waals surface area contributed by atoms with Gasteiger partial charge >= 0.3 is 0 Å². The van der Waals surface area contributed by atoms with E-state index < -0.39 is 0 Å². The molecule has 1 amide bonds. The standard InChI is InChI=1S/C21H25FN2O2/c1-15-11-17(7-9-23-15)13-21(25)24-10-8-20(26-2)18(14-24)12-16-3-5-19(22)6-4-16/h3-7,9,11,18,20H,8,10,12-14H2,1-2H3/t18-,20-/m1/s1. The molecule has 2 aromatic rings. The zero-order valence-electron chi connectivity index (χ0n) is 15.3. The topological polar surface area (TPSA) is 42.4 Å². The molecular weight excluding hydrogens is 331 g/mol. The van der Waals surface area contributed by atoms with Gasteiger partial charge < -0.3 is 9.64 Å². The summed E-state index contributed by atoms with van der Waals surface area (Å²) < 4.78 is 18.8. The highest BCUT2D eigenvalue weighted by Gasteiger charge is 2.31. The van der Waals surface area contributed by atoms with E-state index in [0.29, 0.717) is 19.5 Å². The first kappa shape index (κ1) is 18.5. The number of piperidine rings is 1. The molecule has 1 aromatic carbocycles. The Balaban J connectivity index is 1.65. The van der Waals surface area contributed by atoms with E-state index in [1.807, 2.05) is 36.1 Å². The molecule has 0 spiro atoms. The van der Waals surface area contributed by atoms with E-state index in [2.05, 4.69) is 4.98 Å². The minimum absolute atomic E-state index is 0.118. The van der Waals surface area contributed by atoms with Crippen LogP contribution in [0.1, 0.15) is 23.2 Å². The van der Waals surface area contributed by atoms with Crippen LogP contribution in [0.15, 0.2) is 42.6 Å². The van der Waals surface area contributed by atoms with Crippen molar-refractivity contribution < 1.29 is 13.9 Å². The molecule has 5 heteroatoms. The fourth-order valence-corrected chi connectivity index (χ4v) is 3.67. The third-order valence-corrected chi connectivity index (χ3v) is 5.05. The number of hydrogen-bond acceptors (Lipinski definition) is 3. The summed E-state index contributed by atoms with van der Waals surface area (Å²) in [7, 11) is 1.72. The highest BCUT2D eigenvalue weighted by Crippen LogP contribution is 2.24. The Morgan fingerprint density at radius 3 is 2.73 bits per heavy atom. The Labute approximate surface area is 154 Å². The van der Waals surface area contributed by atoms with Gasteiger partial charge in [-0.3, -0.25) is 9.78 Å². The Bertz CT molecular complexity index is 748. The van der Waals surface area contributed by atoms with Crippen molar-refractivity contribution in [2.24, 2.45) is 5.92 Å². The average molecular weight is 356 g/mol. The third-order valence-electron chi connectivity index (χ3n) is 5.05. The van der Waals surface area contributed by atoms with Gasteiger partial charge in [0.2, 0.25) is 5.91 Å². The second-order valence-corrected chi connectivity index (χ2v) is 6.98. The number of carbonyl (C=O) groups excluding carboxylic acids is 1. The zero-order valence-corrected chi connectivity index (χ0v) is 15.3. The van der Waals surface area contributed by atoms with Gasteiger partial charge in [0.05, 0.1) is 12.5 Å². The van der Waals surface area contributed by atoms with E-state index in [9.17, 15) is 9.18 Å². The molecule has 4 nitrogen and oxygen atoms in total. The summed E-state index contributed by atoms with van der Waals surface area (Å²) in [6.45, 7) is 3.30. The predicted octanol–water partition coefficient (Wildman–Crippen LogP) is 3.18. The number of ether oxygens (including phenoxy) is 1. The van der Waals surface area contributed by atoms with E-state index >= 15 is 0 Å². The summed E-state index contributed by atoms with van der Waals surface area (Å²) in [5.74, 6) is 0.113. The van der Waals surface area contributed by atoms with E-state index in [1.165, 1.54) is 12.1 Å². The Hall–Kier alpha value is -2.27. The van der Waals surface area contributed by atoms with E-state index in [4.69, 9.17) is 4.74 Å². The van der Waals surface area contributed by atoms with Crippen molar-refractivity contribution in [3.05, 3.63) is 65.2 Å². The summed E-state index contributed by atoms with van der Waals surface area (Å²) in [6.07, 6.45) is 3.85. The van der Waals surface area contributed by atoms with Crippen molar-refractivity contribution in [3.8, 4) is 0 Å². The highest BCUT2D eigenvalue weighted by molar-refractivity contribution is 5.78. The van der Waals surface area contributed by atoms with Crippen LogP contribution in [-0.2, 0) is 22.4 Å². The lowest BCUT2D eigenvalue weighted by Crippen LogP contribution is -2.47. The maximum atomic E-state index is 13.1. The minimum Gasteiger partial charge on any atom is -0.381 e. The van der Waals surface area contributed by atoms with Crippen molar-refractivity contribution in [3.63, 3.8) is 0 Å². The van der Waals surface area contributed by atoms with E-state index in [-0.39, 0.29) is 23.7 Å². The summed E-state index contributed by atoms with van der Waals surface area (Å²) >= 11 is 0. The average Bonchev–Trinajstić information content (AvgIpc) is 2.63. The fourth-order valence-electron chi connectivity index (χ4n) is 3.67. The number of carbonyl (C=O) groups is 1. The monoisotopic (exact) mass is 356 g/mol. The van der Waals surface area contributed by atoms with Gasteiger partial charge in [-0.05, 0) is 55.2 Å². The molecule has 26 heavy (non-hydrogen) atoms. The third kappa shape index (κ3) is 4.67. The van der Waals surface area contributed by atoms with Crippen LogP contribution in [0.2, 0.25) is 0 Å². The van der Waals surface area contributed by atoms with Crippen LogP contribution >= 0.6 is 0 Å². The minimum atomic E-state index is -0.231. The van der Waals surface area contributed by atoms with Gasteiger partial charge in [0.15, 0.2) is 0 Å². The number of halogens is 1. The van der Waals surface area contributed by atoms with E-state index in [1.54, 1.807) is 13.3 Å². The summed E-state index contributed by atoms with van der Waals surface area (Å²) in [5, 5.41) is 0. The molecule has 2 heterocycles. The molecule has 0 aliphatic carbocycles. The summed E-state index contributed by atoms with van der Waals surface area (Å²) in [4.78, 5) is 18.8. The number of benzene rings is 1. The number of methoxy groups -OCH3 is 1. The molecule has 0 N–H and O–H groups in total.